The molecule has 0 saturated carbocycles. The second kappa shape index (κ2) is 8.54. The average molecular weight is 307 g/mol. The minimum Gasteiger partial charge on any atom is -0.467 e. The first kappa shape index (κ1) is 18.2. The third-order valence-corrected chi connectivity index (χ3v) is 3.57. The van der Waals surface area contributed by atoms with Crippen LogP contribution in [0.3, 0.4) is 0 Å². The van der Waals surface area contributed by atoms with Gasteiger partial charge in [0.15, 0.2) is 0 Å². The normalized spacial score (nSPS) is 11.9. The van der Waals surface area contributed by atoms with Crippen molar-refractivity contribution in [3.63, 3.8) is 0 Å². The molecule has 0 aliphatic rings. The number of amides is 1. The summed E-state index contributed by atoms with van der Waals surface area (Å²) < 4.78 is 10.0. The summed E-state index contributed by atoms with van der Waals surface area (Å²) in [5.41, 5.74) is 2.73. The van der Waals surface area contributed by atoms with Crippen molar-refractivity contribution in [1.82, 2.24) is 0 Å². The van der Waals surface area contributed by atoms with Gasteiger partial charge in [-0.15, -0.1) is 0 Å². The standard InChI is InChI=1S/C17H25NO4/c1-6-14-10-8-9-12(3)16(14)18(13(4)17(20)21-5)15(19)11-22-7-2/h8-10,13H,6-7,11H2,1-5H3. The lowest BCUT2D eigenvalue weighted by Crippen LogP contribution is -2.46. The van der Waals surface area contributed by atoms with Gasteiger partial charge in [-0.05, 0) is 38.3 Å². The fraction of sp³-hybridized carbons (Fsp3) is 0.529. The highest BCUT2D eigenvalue weighted by molar-refractivity contribution is 6.01. The van der Waals surface area contributed by atoms with Crippen molar-refractivity contribution >= 4 is 17.6 Å². The first-order valence-electron chi connectivity index (χ1n) is 7.53. The molecule has 0 fully saturated rings. The van der Waals surface area contributed by atoms with Gasteiger partial charge in [-0.1, -0.05) is 25.1 Å². The zero-order chi connectivity index (χ0) is 16.7. The number of hydrogen-bond donors (Lipinski definition) is 0. The third kappa shape index (κ3) is 4.07. The van der Waals surface area contributed by atoms with Crippen LogP contribution < -0.4 is 4.90 Å². The second-order valence-corrected chi connectivity index (χ2v) is 5.04. The predicted molar refractivity (Wildman–Crippen MR) is 86.0 cm³/mol. The summed E-state index contributed by atoms with van der Waals surface area (Å²) in [4.78, 5) is 26.0. The van der Waals surface area contributed by atoms with E-state index in [0.29, 0.717) is 6.61 Å². The molecule has 1 rings (SSSR count). The van der Waals surface area contributed by atoms with Gasteiger partial charge in [0.1, 0.15) is 12.6 Å². The lowest BCUT2D eigenvalue weighted by molar-refractivity contribution is -0.143. The molecule has 0 N–H and O–H groups in total. The number of benzene rings is 1. The highest BCUT2D eigenvalue weighted by Gasteiger charge is 2.30. The molecular formula is C17H25NO4. The second-order valence-electron chi connectivity index (χ2n) is 5.04. The van der Waals surface area contributed by atoms with E-state index in [1.54, 1.807) is 6.92 Å². The first-order chi connectivity index (χ1) is 10.5. The number of rotatable bonds is 7. The SMILES string of the molecule is CCOCC(=O)N(c1c(C)cccc1CC)C(C)C(=O)OC. The highest BCUT2D eigenvalue weighted by atomic mass is 16.5. The summed E-state index contributed by atoms with van der Waals surface area (Å²) in [7, 11) is 1.32. The van der Waals surface area contributed by atoms with Gasteiger partial charge in [0.25, 0.3) is 5.91 Å². The van der Waals surface area contributed by atoms with Crippen LogP contribution >= 0.6 is 0 Å². The maximum absolute atomic E-state index is 12.6. The number of hydrogen-bond acceptors (Lipinski definition) is 4. The average Bonchev–Trinajstić information content (AvgIpc) is 2.53. The molecule has 22 heavy (non-hydrogen) atoms. The quantitative estimate of drug-likeness (QED) is 0.726. The number of carbonyl (C=O) groups is 2. The first-order valence-corrected chi connectivity index (χ1v) is 7.53. The van der Waals surface area contributed by atoms with Crippen molar-refractivity contribution in [2.75, 3.05) is 25.2 Å². The molecule has 5 nitrogen and oxygen atoms in total. The molecule has 0 saturated heterocycles. The fourth-order valence-electron chi connectivity index (χ4n) is 2.42. The summed E-state index contributed by atoms with van der Waals surface area (Å²) >= 11 is 0. The van der Waals surface area contributed by atoms with Crippen molar-refractivity contribution in [3.8, 4) is 0 Å². The van der Waals surface area contributed by atoms with Crippen LogP contribution in [0.5, 0.6) is 0 Å². The molecule has 0 aromatic heterocycles. The molecule has 0 heterocycles. The molecule has 0 bridgehead atoms. The smallest absolute Gasteiger partial charge is 0.328 e. The number of esters is 1. The number of nitrogens with zero attached hydrogens (tertiary/aromatic N) is 1. The Morgan fingerprint density at radius 3 is 2.50 bits per heavy atom. The van der Waals surface area contributed by atoms with Crippen LogP contribution in [0.2, 0.25) is 0 Å². The van der Waals surface area contributed by atoms with Crippen molar-refractivity contribution < 1.29 is 19.1 Å². The van der Waals surface area contributed by atoms with E-state index in [0.717, 1.165) is 23.2 Å². The lowest BCUT2D eigenvalue weighted by atomic mass is 10.0. The molecule has 0 spiro atoms. The van der Waals surface area contributed by atoms with E-state index in [-0.39, 0.29) is 12.5 Å². The molecule has 1 aromatic carbocycles. The van der Waals surface area contributed by atoms with Gasteiger partial charge in [0.05, 0.1) is 12.8 Å². The van der Waals surface area contributed by atoms with Gasteiger partial charge >= 0.3 is 5.97 Å². The highest BCUT2D eigenvalue weighted by Crippen LogP contribution is 2.28. The molecule has 0 radical (unpaired) electrons. The Hall–Kier alpha value is -1.88. The zero-order valence-corrected chi connectivity index (χ0v) is 14.0. The van der Waals surface area contributed by atoms with Gasteiger partial charge in [-0.25, -0.2) is 4.79 Å². The van der Waals surface area contributed by atoms with Crippen LogP contribution in [0.1, 0.15) is 31.9 Å². The summed E-state index contributed by atoms with van der Waals surface area (Å²) in [5.74, 6) is -0.695. The molecule has 5 heteroatoms. The van der Waals surface area contributed by atoms with Crippen LogP contribution in [-0.2, 0) is 25.5 Å². The van der Waals surface area contributed by atoms with Crippen molar-refractivity contribution in [3.05, 3.63) is 29.3 Å². The Kier molecular flexibility index (Phi) is 7.05. The van der Waals surface area contributed by atoms with E-state index in [9.17, 15) is 9.59 Å². The topological polar surface area (TPSA) is 55.8 Å². The van der Waals surface area contributed by atoms with Gasteiger partial charge in [0, 0.05) is 6.61 Å². The Morgan fingerprint density at radius 2 is 1.95 bits per heavy atom. The summed E-state index contributed by atoms with van der Waals surface area (Å²) in [6.45, 7) is 7.83. The van der Waals surface area contributed by atoms with Crippen molar-refractivity contribution in [1.29, 1.82) is 0 Å². The molecule has 1 unspecified atom stereocenters. The Morgan fingerprint density at radius 1 is 1.27 bits per heavy atom. The maximum atomic E-state index is 12.6. The van der Waals surface area contributed by atoms with Gasteiger partial charge < -0.3 is 9.47 Å². The summed E-state index contributed by atoms with van der Waals surface area (Å²) in [5, 5.41) is 0. The Labute approximate surface area is 132 Å². The van der Waals surface area contributed by atoms with Gasteiger partial charge in [0.2, 0.25) is 0 Å². The van der Waals surface area contributed by atoms with E-state index in [1.165, 1.54) is 12.0 Å². The number of ether oxygens (including phenoxy) is 2. The van der Waals surface area contributed by atoms with E-state index in [4.69, 9.17) is 9.47 Å². The van der Waals surface area contributed by atoms with E-state index in [2.05, 4.69) is 0 Å². The molecule has 0 aliphatic carbocycles. The van der Waals surface area contributed by atoms with E-state index in [1.807, 2.05) is 39.0 Å². The Bertz CT molecular complexity index is 527. The minimum atomic E-state index is -0.704. The van der Waals surface area contributed by atoms with E-state index >= 15 is 0 Å². The van der Waals surface area contributed by atoms with Crippen LogP contribution in [0, 0.1) is 6.92 Å². The Balaban J connectivity index is 3.31. The monoisotopic (exact) mass is 307 g/mol. The van der Waals surface area contributed by atoms with Crippen LogP contribution in [-0.4, -0.2) is 38.2 Å². The number of anilines is 1. The zero-order valence-electron chi connectivity index (χ0n) is 14.0. The van der Waals surface area contributed by atoms with Gasteiger partial charge in [-0.2, -0.15) is 0 Å². The molecule has 1 atom stereocenters. The lowest BCUT2D eigenvalue weighted by Gasteiger charge is -2.30. The molecule has 0 aliphatic heterocycles. The third-order valence-electron chi connectivity index (χ3n) is 3.57. The largest absolute Gasteiger partial charge is 0.467 e. The van der Waals surface area contributed by atoms with Crippen molar-refractivity contribution in [2.24, 2.45) is 0 Å². The fourth-order valence-corrected chi connectivity index (χ4v) is 2.42. The van der Waals surface area contributed by atoms with Crippen LogP contribution in [0.25, 0.3) is 0 Å². The molecular weight excluding hydrogens is 282 g/mol. The summed E-state index contributed by atoms with van der Waals surface area (Å²) in [6.07, 6.45) is 0.767. The van der Waals surface area contributed by atoms with Crippen molar-refractivity contribution in [2.45, 2.75) is 40.2 Å². The number of carbonyl (C=O) groups excluding carboxylic acids is 2. The molecule has 1 amide bonds. The minimum absolute atomic E-state index is 0.0602. The van der Waals surface area contributed by atoms with Crippen LogP contribution in [0.4, 0.5) is 5.69 Å². The van der Waals surface area contributed by atoms with Crippen LogP contribution in [0.15, 0.2) is 18.2 Å². The number of para-hydroxylation sites is 1. The maximum Gasteiger partial charge on any atom is 0.328 e. The van der Waals surface area contributed by atoms with E-state index < -0.39 is 12.0 Å². The molecule has 122 valence electrons. The number of aryl methyl sites for hydroxylation is 2. The summed E-state index contributed by atoms with van der Waals surface area (Å²) in [6, 6.07) is 5.14. The predicted octanol–water partition coefficient (Wildman–Crippen LogP) is 2.49. The molecule has 1 aromatic rings. The number of methoxy groups -OCH3 is 1. The van der Waals surface area contributed by atoms with Gasteiger partial charge in [-0.3, -0.25) is 9.69 Å².